The molecular weight excluding hydrogens is 242 g/mol. The Balaban J connectivity index is 1.85. The lowest BCUT2D eigenvalue weighted by atomic mass is 9.84. The van der Waals surface area contributed by atoms with Crippen molar-refractivity contribution in [1.82, 2.24) is 4.98 Å². The first-order chi connectivity index (χ1) is 9.74. The maximum atomic E-state index is 4.59. The highest BCUT2D eigenvalue weighted by atomic mass is 14.7. The van der Waals surface area contributed by atoms with Crippen LogP contribution >= 0.6 is 0 Å². The van der Waals surface area contributed by atoms with Crippen LogP contribution in [0.4, 0.5) is 0 Å². The SMILES string of the molecule is Cc1cnc(-c2ccc(C3CCCCC3)cc2)c(C)c1. The Morgan fingerprint density at radius 2 is 1.65 bits per heavy atom. The number of aromatic nitrogens is 1. The molecule has 1 saturated carbocycles. The second kappa shape index (κ2) is 5.78. The Kier molecular flexibility index (Phi) is 3.86. The largest absolute Gasteiger partial charge is 0.256 e. The Morgan fingerprint density at radius 1 is 0.950 bits per heavy atom. The van der Waals surface area contributed by atoms with Crippen molar-refractivity contribution >= 4 is 0 Å². The van der Waals surface area contributed by atoms with Crippen molar-refractivity contribution in [2.24, 2.45) is 0 Å². The number of pyridine rings is 1. The number of rotatable bonds is 2. The molecule has 1 fully saturated rings. The van der Waals surface area contributed by atoms with E-state index in [4.69, 9.17) is 0 Å². The highest BCUT2D eigenvalue weighted by Gasteiger charge is 2.15. The van der Waals surface area contributed by atoms with Crippen LogP contribution in [0, 0.1) is 13.8 Å². The van der Waals surface area contributed by atoms with Gasteiger partial charge in [-0.05, 0) is 49.3 Å². The second-order valence-electron chi connectivity index (χ2n) is 6.14. The van der Waals surface area contributed by atoms with E-state index >= 15 is 0 Å². The summed E-state index contributed by atoms with van der Waals surface area (Å²) in [4.78, 5) is 4.59. The lowest BCUT2D eigenvalue weighted by molar-refractivity contribution is 0.443. The van der Waals surface area contributed by atoms with E-state index in [1.165, 1.54) is 54.4 Å². The van der Waals surface area contributed by atoms with Gasteiger partial charge in [0, 0.05) is 11.8 Å². The first-order valence-electron chi connectivity index (χ1n) is 7.77. The molecule has 1 heterocycles. The molecule has 0 bridgehead atoms. The third-order valence-corrected chi connectivity index (χ3v) is 4.48. The van der Waals surface area contributed by atoms with Crippen molar-refractivity contribution in [1.29, 1.82) is 0 Å². The Morgan fingerprint density at radius 3 is 2.30 bits per heavy atom. The van der Waals surface area contributed by atoms with Gasteiger partial charge in [-0.25, -0.2) is 0 Å². The quantitative estimate of drug-likeness (QED) is 0.707. The molecule has 0 amide bonds. The molecule has 1 heteroatoms. The van der Waals surface area contributed by atoms with Gasteiger partial charge in [-0.1, -0.05) is 49.6 Å². The smallest absolute Gasteiger partial charge is 0.0731 e. The van der Waals surface area contributed by atoms with Crippen LogP contribution in [-0.4, -0.2) is 4.98 Å². The Bertz CT molecular complexity index is 577. The van der Waals surface area contributed by atoms with Gasteiger partial charge in [0.15, 0.2) is 0 Å². The predicted octanol–water partition coefficient (Wildman–Crippen LogP) is 5.41. The van der Waals surface area contributed by atoms with E-state index in [9.17, 15) is 0 Å². The van der Waals surface area contributed by atoms with Crippen molar-refractivity contribution < 1.29 is 0 Å². The van der Waals surface area contributed by atoms with Crippen LogP contribution in [-0.2, 0) is 0 Å². The molecule has 0 saturated heterocycles. The topological polar surface area (TPSA) is 12.9 Å². The van der Waals surface area contributed by atoms with E-state index in [1.807, 2.05) is 6.20 Å². The van der Waals surface area contributed by atoms with Crippen molar-refractivity contribution in [3.8, 4) is 11.3 Å². The normalized spacial score (nSPS) is 16.3. The van der Waals surface area contributed by atoms with Crippen LogP contribution in [0.1, 0.15) is 54.7 Å². The van der Waals surface area contributed by atoms with E-state index in [0.717, 1.165) is 11.6 Å². The summed E-state index contributed by atoms with van der Waals surface area (Å²) in [6.07, 6.45) is 8.89. The van der Waals surface area contributed by atoms with Gasteiger partial charge >= 0.3 is 0 Å². The molecule has 104 valence electrons. The van der Waals surface area contributed by atoms with Crippen LogP contribution in [0.25, 0.3) is 11.3 Å². The summed E-state index contributed by atoms with van der Waals surface area (Å²) in [5, 5.41) is 0. The maximum Gasteiger partial charge on any atom is 0.0731 e. The molecular formula is C19H23N. The average molecular weight is 265 g/mol. The minimum Gasteiger partial charge on any atom is -0.256 e. The minimum atomic E-state index is 0.782. The van der Waals surface area contributed by atoms with Crippen LogP contribution in [0.15, 0.2) is 36.5 Å². The van der Waals surface area contributed by atoms with Crippen LogP contribution in [0.2, 0.25) is 0 Å². The van der Waals surface area contributed by atoms with E-state index in [1.54, 1.807) is 0 Å². The van der Waals surface area contributed by atoms with E-state index in [2.05, 4.69) is 49.2 Å². The first-order valence-corrected chi connectivity index (χ1v) is 7.77. The Labute approximate surface area is 122 Å². The monoisotopic (exact) mass is 265 g/mol. The van der Waals surface area contributed by atoms with Gasteiger partial charge in [-0.15, -0.1) is 0 Å². The highest BCUT2D eigenvalue weighted by molar-refractivity contribution is 5.63. The molecule has 1 aromatic carbocycles. The highest BCUT2D eigenvalue weighted by Crippen LogP contribution is 2.33. The zero-order valence-electron chi connectivity index (χ0n) is 12.5. The average Bonchev–Trinajstić information content (AvgIpc) is 2.48. The van der Waals surface area contributed by atoms with Gasteiger partial charge in [0.05, 0.1) is 5.69 Å². The fourth-order valence-corrected chi connectivity index (χ4v) is 3.37. The molecule has 0 radical (unpaired) electrons. The molecule has 1 nitrogen and oxygen atoms in total. The standard InChI is InChI=1S/C19H23N/c1-14-12-15(2)19(20-13-14)18-10-8-17(9-11-18)16-6-4-3-5-7-16/h8-13,16H,3-7H2,1-2H3. The fourth-order valence-electron chi connectivity index (χ4n) is 3.37. The third kappa shape index (κ3) is 2.77. The van der Waals surface area contributed by atoms with Gasteiger partial charge in [0.25, 0.3) is 0 Å². The number of aryl methyl sites for hydroxylation is 2. The molecule has 1 aliphatic carbocycles. The van der Waals surface area contributed by atoms with Gasteiger partial charge < -0.3 is 0 Å². The first kappa shape index (κ1) is 13.4. The van der Waals surface area contributed by atoms with Crippen molar-refractivity contribution in [3.63, 3.8) is 0 Å². The van der Waals surface area contributed by atoms with Crippen molar-refractivity contribution in [3.05, 3.63) is 53.2 Å². The molecule has 0 atom stereocenters. The van der Waals surface area contributed by atoms with Crippen LogP contribution < -0.4 is 0 Å². The molecule has 0 unspecified atom stereocenters. The van der Waals surface area contributed by atoms with Gasteiger partial charge in [-0.3, -0.25) is 4.98 Å². The molecule has 0 spiro atoms. The molecule has 20 heavy (non-hydrogen) atoms. The summed E-state index contributed by atoms with van der Waals surface area (Å²) in [5.74, 6) is 0.782. The van der Waals surface area contributed by atoms with Gasteiger partial charge in [-0.2, -0.15) is 0 Å². The summed E-state index contributed by atoms with van der Waals surface area (Å²) < 4.78 is 0. The lowest BCUT2D eigenvalue weighted by Crippen LogP contribution is -2.04. The number of benzene rings is 1. The van der Waals surface area contributed by atoms with Crippen LogP contribution in [0.5, 0.6) is 0 Å². The van der Waals surface area contributed by atoms with Crippen molar-refractivity contribution in [2.45, 2.75) is 51.9 Å². The summed E-state index contributed by atoms with van der Waals surface area (Å²) in [5.41, 5.74) is 6.35. The molecule has 2 aromatic rings. The maximum absolute atomic E-state index is 4.59. The molecule has 0 aliphatic heterocycles. The van der Waals surface area contributed by atoms with E-state index < -0.39 is 0 Å². The number of nitrogens with zero attached hydrogens (tertiary/aromatic N) is 1. The summed E-state index contributed by atoms with van der Waals surface area (Å²) in [6.45, 7) is 4.24. The molecule has 3 rings (SSSR count). The van der Waals surface area contributed by atoms with E-state index in [-0.39, 0.29) is 0 Å². The van der Waals surface area contributed by atoms with E-state index in [0.29, 0.717) is 0 Å². The zero-order chi connectivity index (χ0) is 13.9. The lowest BCUT2D eigenvalue weighted by Gasteiger charge is -2.22. The molecule has 0 N–H and O–H groups in total. The summed E-state index contributed by atoms with van der Waals surface area (Å²) >= 11 is 0. The van der Waals surface area contributed by atoms with Crippen LogP contribution in [0.3, 0.4) is 0 Å². The minimum absolute atomic E-state index is 0.782. The molecule has 1 aromatic heterocycles. The fraction of sp³-hybridized carbons (Fsp3) is 0.421. The molecule has 1 aliphatic rings. The predicted molar refractivity (Wildman–Crippen MR) is 85.0 cm³/mol. The Hall–Kier alpha value is -1.63. The number of hydrogen-bond donors (Lipinski definition) is 0. The van der Waals surface area contributed by atoms with Gasteiger partial charge in [0.1, 0.15) is 0 Å². The summed E-state index contributed by atoms with van der Waals surface area (Å²) in [7, 11) is 0. The van der Waals surface area contributed by atoms with Crippen molar-refractivity contribution in [2.75, 3.05) is 0 Å². The third-order valence-electron chi connectivity index (χ3n) is 4.48. The van der Waals surface area contributed by atoms with Gasteiger partial charge in [0.2, 0.25) is 0 Å². The zero-order valence-corrected chi connectivity index (χ0v) is 12.5. The number of hydrogen-bond acceptors (Lipinski definition) is 1. The second-order valence-corrected chi connectivity index (χ2v) is 6.14. The summed E-state index contributed by atoms with van der Waals surface area (Å²) in [6, 6.07) is 11.3.